The third-order valence-corrected chi connectivity index (χ3v) is 4.36. The molecule has 0 aromatic heterocycles. The summed E-state index contributed by atoms with van der Waals surface area (Å²) in [5, 5.41) is 2.92. The van der Waals surface area contributed by atoms with Crippen molar-refractivity contribution in [2.24, 2.45) is 0 Å². The van der Waals surface area contributed by atoms with Gasteiger partial charge in [-0.2, -0.15) is 0 Å². The van der Waals surface area contributed by atoms with Crippen LogP contribution in [0.15, 0.2) is 48.5 Å². The molecule has 138 valence electrons. The van der Waals surface area contributed by atoms with Crippen molar-refractivity contribution in [1.82, 2.24) is 0 Å². The van der Waals surface area contributed by atoms with Gasteiger partial charge in [0, 0.05) is 37.1 Å². The van der Waals surface area contributed by atoms with Gasteiger partial charge in [0.25, 0.3) is 0 Å². The van der Waals surface area contributed by atoms with Crippen LogP contribution in [0.25, 0.3) is 0 Å². The summed E-state index contributed by atoms with van der Waals surface area (Å²) < 4.78 is 0. The highest BCUT2D eigenvalue weighted by Crippen LogP contribution is 2.23. The molecule has 0 bridgehead atoms. The molecule has 0 atom stereocenters. The lowest BCUT2D eigenvalue weighted by atomic mass is 10.1. The Kier molecular flexibility index (Phi) is 6.78. The number of anilines is 3. The lowest BCUT2D eigenvalue weighted by molar-refractivity contribution is -0.120. The van der Waals surface area contributed by atoms with E-state index in [2.05, 4.69) is 30.1 Å². The van der Waals surface area contributed by atoms with E-state index >= 15 is 0 Å². The molecule has 1 N–H and O–H groups in total. The number of hydrogen-bond acceptors (Lipinski definition) is 3. The fourth-order valence-corrected chi connectivity index (χ4v) is 2.90. The van der Waals surface area contributed by atoms with Crippen LogP contribution in [0.2, 0.25) is 0 Å². The SMILES string of the molecule is CCN(CC)c1ccc(NC(=O)CN(C(C)=O)c2ccccc2)c(C)c1. The van der Waals surface area contributed by atoms with Gasteiger partial charge in [0.1, 0.15) is 6.54 Å². The molecule has 2 amide bonds. The standard InChI is InChI=1S/C21H27N3O2/c1-5-23(6-2)19-12-13-20(16(3)14-19)22-21(26)15-24(17(4)25)18-10-8-7-9-11-18/h7-14H,5-6,15H2,1-4H3,(H,22,26). The molecule has 26 heavy (non-hydrogen) atoms. The second-order valence-electron chi connectivity index (χ2n) is 6.16. The van der Waals surface area contributed by atoms with Crippen LogP contribution in [0.4, 0.5) is 17.1 Å². The van der Waals surface area contributed by atoms with Crippen LogP contribution < -0.4 is 15.1 Å². The minimum Gasteiger partial charge on any atom is -0.372 e. The highest BCUT2D eigenvalue weighted by Gasteiger charge is 2.16. The molecule has 2 aromatic rings. The molecule has 5 heteroatoms. The average molecular weight is 353 g/mol. The van der Waals surface area contributed by atoms with Crippen molar-refractivity contribution < 1.29 is 9.59 Å². The monoisotopic (exact) mass is 353 g/mol. The van der Waals surface area contributed by atoms with Crippen molar-refractivity contribution in [2.75, 3.05) is 34.8 Å². The fourth-order valence-electron chi connectivity index (χ4n) is 2.90. The quantitative estimate of drug-likeness (QED) is 0.823. The van der Waals surface area contributed by atoms with Crippen LogP contribution in [-0.4, -0.2) is 31.4 Å². The Morgan fingerprint density at radius 2 is 1.62 bits per heavy atom. The van der Waals surface area contributed by atoms with Gasteiger partial charge in [-0.25, -0.2) is 0 Å². The molecule has 0 saturated heterocycles. The molecule has 0 unspecified atom stereocenters. The Labute approximate surface area is 155 Å². The van der Waals surface area contributed by atoms with Gasteiger partial charge in [0.05, 0.1) is 0 Å². The maximum atomic E-state index is 12.5. The molecule has 0 radical (unpaired) electrons. The fraction of sp³-hybridized carbons (Fsp3) is 0.333. The molecule has 0 aliphatic carbocycles. The van der Waals surface area contributed by atoms with Gasteiger partial charge in [-0.15, -0.1) is 0 Å². The van der Waals surface area contributed by atoms with E-state index < -0.39 is 0 Å². The van der Waals surface area contributed by atoms with Gasteiger partial charge in [0.15, 0.2) is 0 Å². The number of para-hydroxylation sites is 1. The van der Waals surface area contributed by atoms with Crippen molar-refractivity contribution in [1.29, 1.82) is 0 Å². The maximum Gasteiger partial charge on any atom is 0.244 e. The summed E-state index contributed by atoms with van der Waals surface area (Å²) >= 11 is 0. The zero-order chi connectivity index (χ0) is 19.1. The van der Waals surface area contributed by atoms with Gasteiger partial charge in [-0.05, 0) is 56.7 Å². The first-order valence-corrected chi connectivity index (χ1v) is 8.94. The van der Waals surface area contributed by atoms with Crippen molar-refractivity contribution in [3.8, 4) is 0 Å². The van der Waals surface area contributed by atoms with E-state index in [0.717, 1.165) is 30.0 Å². The van der Waals surface area contributed by atoms with E-state index in [-0.39, 0.29) is 18.4 Å². The molecular formula is C21H27N3O2. The average Bonchev–Trinajstić information content (AvgIpc) is 2.63. The third kappa shape index (κ3) is 4.85. The summed E-state index contributed by atoms with van der Waals surface area (Å²) in [5.74, 6) is -0.386. The molecule has 2 rings (SSSR count). The molecule has 5 nitrogen and oxygen atoms in total. The number of nitrogens with one attached hydrogen (secondary N) is 1. The van der Waals surface area contributed by atoms with Gasteiger partial charge in [-0.1, -0.05) is 18.2 Å². The zero-order valence-corrected chi connectivity index (χ0v) is 16.0. The van der Waals surface area contributed by atoms with Gasteiger partial charge >= 0.3 is 0 Å². The molecule has 0 heterocycles. The smallest absolute Gasteiger partial charge is 0.244 e. The van der Waals surface area contributed by atoms with E-state index in [9.17, 15) is 9.59 Å². The first-order chi connectivity index (χ1) is 12.5. The second-order valence-corrected chi connectivity index (χ2v) is 6.16. The van der Waals surface area contributed by atoms with Crippen LogP contribution in [0.3, 0.4) is 0 Å². The molecule has 0 aliphatic rings. The Morgan fingerprint density at radius 3 is 2.15 bits per heavy atom. The summed E-state index contributed by atoms with van der Waals surface area (Å²) in [6.45, 7) is 9.53. The number of benzene rings is 2. The molecule has 2 aromatic carbocycles. The number of amides is 2. The van der Waals surface area contributed by atoms with Crippen LogP contribution in [0, 0.1) is 6.92 Å². The van der Waals surface area contributed by atoms with Crippen molar-refractivity contribution in [3.63, 3.8) is 0 Å². The van der Waals surface area contributed by atoms with Crippen molar-refractivity contribution >= 4 is 28.9 Å². The number of nitrogens with zero attached hydrogens (tertiary/aromatic N) is 2. The van der Waals surface area contributed by atoms with Crippen LogP contribution in [0.5, 0.6) is 0 Å². The number of carbonyl (C=O) groups excluding carboxylic acids is 2. The Hall–Kier alpha value is -2.82. The normalized spacial score (nSPS) is 10.3. The van der Waals surface area contributed by atoms with E-state index in [1.807, 2.05) is 49.4 Å². The van der Waals surface area contributed by atoms with Gasteiger partial charge in [0.2, 0.25) is 11.8 Å². The summed E-state index contributed by atoms with van der Waals surface area (Å²) in [5.41, 5.74) is 3.61. The summed E-state index contributed by atoms with van der Waals surface area (Å²) in [6, 6.07) is 15.2. The molecule has 0 spiro atoms. The van der Waals surface area contributed by atoms with Crippen LogP contribution in [0.1, 0.15) is 26.3 Å². The minimum atomic E-state index is -0.220. The number of hydrogen-bond donors (Lipinski definition) is 1. The zero-order valence-electron chi connectivity index (χ0n) is 16.0. The number of rotatable bonds is 7. The Morgan fingerprint density at radius 1 is 0.962 bits per heavy atom. The van der Waals surface area contributed by atoms with Crippen molar-refractivity contribution in [3.05, 3.63) is 54.1 Å². The highest BCUT2D eigenvalue weighted by atomic mass is 16.2. The molecular weight excluding hydrogens is 326 g/mol. The topological polar surface area (TPSA) is 52.7 Å². The predicted molar refractivity (Wildman–Crippen MR) is 108 cm³/mol. The molecule has 0 aliphatic heterocycles. The first-order valence-electron chi connectivity index (χ1n) is 8.94. The molecule has 0 saturated carbocycles. The van der Waals surface area contributed by atoms with E-state index in [0.29, 0.717) is 5.69 Å². The minimum absolute atomic E-state index is 0.0173. The van der Waals surface area contributed by atoms with Gasteiger partial charge in [-0.3, -0.25) is 9.59 Å². The molecule has 0 fully saturated rings. The van der Waals surface area contributed by atoms with Gasteiger partial charge < -0.3 is 15.1 Å². The second kappa shape index (κ2) is 9.04. The number of carbonyl (C=O) groups is 2. The van der Waals surface area contributed by atoms with Crippen LogP contribution >= 0.6 is 0 Å². The summed E-state index contributed by atoms with van der Waals surface area (Å²) in [6.07, 6.45) is 0. The predicted octanol–water partition coefficient (Wildman–Crippen LogP) is 3.83. The van der Waals surface area contributed by atoms with Crippen LogP contribution in [-0.2, 0) is 9.59 Å². The Balaban J connectivity index is 2.10. The van der Waals surface area contributed by atoms with E-state index in [1.165, 1.54) is 11.8 Å². The number of aryl methyl sites for hydroxylation is 1. The lowest BCUT2D eigenvalue weighted by Gasteiger charge is -2.23. The third-order valence-electron chi connectivity index (χ3n) is 4.36. The lowest BCUT2D eigenvalue weighted by Crippen LogP contribution is -2.36. The highest BCUT2D eigenvalue weighted by molar-refractivity contribution is 6.02. The Bertz CT molecular complexity index is 755. The van der Waals surface area contributed by atoms with E-state index in [4.69, 9.17) is 0 Å². The van der Waals surface area contributed by atoms with Crippen molar-refractivity contribution in [2.45, 2.75) is 27.7 Å². The first kappa shape index (κ1) is 19.5. The summed E-state index contributed by atoms with van der Waals surface area (Å²) in [4.78, 5) is 28.1. The maximum absolute atomic E-state index is 12.5. The van der Waals surface area contributed by atoms with E-state index in [1.54, 1.807) is 0 Å². The largest absolute Gasteiger partial charge is 0.372 e. The summed E-state index contributed by atoms with van der Waals surface area (Å²) in [7, 11) is 0.